The van der Waals surface area contributed by atoms with Gasteiger partial charge in [-0.25, -0.2) is 8.78 Å². The molecule has 1 aromatic carbocycles. The summed E-state index contributed by atoms with van der Waals surface area (Å²) in [4.78, 5) is 38.3. The second-order valence-corrected chi connectivity index (χ2v) is 8.21. The molecule has 3 aliphatic heterocycles. The quantitative estimate of drug-likeness (QED) is 0.777. The zero-order valence-electron chi connectivity index (χ0n) is 19.7. The molecule has 0 saturated carbocycles. The number of fused-ring (bicyclic) bond motifs is 1. The van der Waals surface area contributed by atoms with E-state index in [4.69, 9.17) is 5.48 Å². The largest absolute Gasteiger partial charge is 0.322 e. The van der Waals surface area contributed by atoms with Gasteiger partial charge in [-0.1, -0.05) is 0 Å². The molecule has 3 aliphatic rings. The zero-order valence-corrected chi connectivity index (χ0v) is 15.7. The SMILES string of the molecule is [2H]C1([2H])C(c2cc(F)c3c(c2F)CN([C@@H]2CCC(=O)NC2=O)C3=O)C([2H])([2H])N1C(C)(C)C. The Morgan fingerprint density at radius 2 is 1.89 bits per heavy atom. The molecule has 0 radical (unpaired) electrons. The summed E-state index contributed by atoms with van der Waals surface area (Å²) in [5.74, 6) is -5.90. The van der Waals surface area contributed by atoms with Gasteiger partial charge in [0.05, 0.1) is 12.1 Å². The normalized spacial score (nSPS) is 29.4. The van der Waals surface area contributed by atoms with Crippen LogP contribution in [0.3, 0.4) is 0 Å². The van der Waals surface area contributed by atoms with E-state index in [9.17, 15) is 14.4 Å². The lowest BCUT2D eigenvalue weighted by Gasteiger charge is -2.48. The van der Waals surface area contributed by atoms with Crippen LogP contribution in [0.4, 0.5) is 8.78 Å². The lowest BCUT2D eigenvalue weighted by atomic mass is 9.85. The third kappa shape index (κ3) is 2.90. The number of piperidine rings is 1. The van der Waals surface area contributed by atoms with Gasteiger partial charge in [0.15, 0.2) is 0 Å². The van der Waals surface area contributed by atoms with Crippen molar-refractivity contribution in [1.29, 1.82) is 0 Å². The van der Waals surface area contributed by atoms with Gasteiger partial charge in [-0.05, 0) is 38.8 Å². The van der Waals surface area contributed by atoms with Crippen LogP contribution in [0, 0.1) is 11.6 Å². The van der Waals surface area contributed by atoms with Gasteiger partial charge in [0.2, 0.25) is 11.8 Å². The summed E-state index contributed by atoms with van der Waals surface area (Å²) < 4.78 is 64.1. The minimum absolute atomic E-state index is 0.0160. The van der Waals surface area contributed by atoms with E-state index in [1.54, 1.807) is 20.8 Å². The summed E-state index contributed by atoms with van der Waals surface area (Å²) in [6, 6.07) is -0.381. The van der Waals surface area contributed by atoms with Gasteiger partial charge >= 0.3 is 0 Å². The molecule has 8 heteroatoms. The molecule has 2 saturated heterocycles. The average Bonchev–Trinajstić information content (AvgIpc) is 2.94. The first-order valence-corrected chi connectivity index (χ1v) is 9.06. The smallest absolute Gasteiger partial charge is 0.258 e. The van der Waals surface area contributed by atoms with Crippen LogP contribution in [0.2, 0.25) is 0 Å². The lowest BCUT2D eigenvalue weighted by Crippen LogP contribution is -2.54. The number of carbonyl (C=O) groups is 3. The topological polar surface area (TPSA) is 69.7 Å². The predicted octanol–water partition coefficient (Wildman–Crippen LogP) is 1.92. The molecule has 2 fully saturated rings. The number of benzene rings is 1. The van der Waals surface area contributed by atoms with Gasteiger partial charge in [-0.3, -0.25) is 24.6 Å². The highest BCUT2D eigenvalue weighted by Crippen LogP contribution is 2.39. The third-order valence-electron chi connectivity index (χ3n) is 5.23. The van der Waals surface area contributed by atoms with Crippen LogP contribution < -0.4 is 5.32 Å². The van der Waals surface area contributed by atoms with Crippen molar-refractivity contribution in [2.24, 2.45) is 0 Å². The number of likely N-dealkylation sites (tertiary alicyclic amines) is 1. The van der Waals surface area contributed by atoms with E-state index < -0.39 is 77.5 Å². The molecule has 0 aromatic heterocycles. The minimum atomic E-state index is -2.31. The van der Waals surface area contributed by atoms with Gasteiger partial charge in [0.25, 0.3) is 5.91 Å². The summed E-state index contributed by atoms with van der Waals surface area (Å²) in [7, 11) is 0. The summed E-state index contributed by atoms with van der Waals surface area (Å²) in [5.41, 5.74) is -2.30. The molecule has 0 aliphatic carbocycles. The molecule has 150 valence electrons. The van der Waals surface area contributed by atoms with Gasteiger partial charge < -0.3 is 4.90 Å². The van der Waals surface area contributed by atoms with Gasteiger partial charge in [-0.15, -0.1) is 0 Å². The summed E-state index contributed by atoms with van der Waals surface area (Å²) in [5, 5.41) is 2.11. The highest BCUT2D eigenvalue weighted by atomic mass is 19.1. The van der Waals surface area contributed by atoms with Crippen molar-refractivity contribution < 1.29 is 28.6 Å². The van der Waals surface area contributed by atoms with Crippen LogP contribution in [0.15, 0.2) is 6.07 Å². The standard InChI is InChI=1S/C20H23F2N3O3/c1-20(2,3)24-7-10(8-24)11-6-13(21)16-12(17(11)22)9-25(19(16)28)14-4-5-15(26)23-18(14)27/h6,10,14H,4-5,7-9H2,1-3H3,(H,23,26,27)/t14-/m1/s1/i7D2,8D2. The second-order valence-electron chi connectivity index (χ2n) is 8.21. The summed E-state index contributed by atoms with van der Waals surface area (Å²) in [6.07, 6.45) is 0.00658. The predicted molar refractivity (Wildman–Crippen MR) is 96.5 cm³/mol. The second kappa shape index (κ2) is 6.34. The van der Waals surface area contributed by atoms with Crippen LogP contribution in [-0.4, -0.2) is 52.1 Å². The van der Waals surface area contributed by atoms with Crippen LogP contribution in [-0.2, 0) is 16.1 Å². The van der Waals surface area contributed by atoms with E-state index in [0.29, 0.717) is 6.07 Å². The number of nitrogens with one attached hydrogen (secondary N) is 1. The molecule has 0 unspecified atom stereocenters. The number of rotatable bonds is 2. The molecular weight excluding hydrogens is 368 g/mol. The molecule has 3 amide bonds. The van der Waals surface area contributed by atoms with Crippen molar-refractivity contribution in [3.63, 3.8) is 0 Å². The zero-order chi connectivity index (χ0) is 24.0. The maximum absolute atomic E-state index is 15.6. The minimum Gasteiger partial charge on any atom is -0.322 e. The molecule has 0 spiro atoms. The molecule has 0 bridgehead atoms. The van der Waals surface area contributed by atoms with Crippen molar-refractivity contribution >= 4 is 17.7 Å². The van der Waals surface area contributed by atoms with E-state index in [0.717, 1.165) is 9.80 Å². The molecule has 6 nitrogen and oxygen atoms in total. The molecule has 1 aromatic rings. The van der Waals surface area contributed by atoms with Gasteiger partial charge in [0, 0.05) is 41.9 Å². The third-order valence-corrected chi connectivity index (χ3v) is 5.23. The first-order valence-electron chi connectivity index (χ1n) is 11.1. The Hall–Kier alpha value is -2.35. The fraction of sp³-hybridized carbons (Fsp3) is 0.550. The van der Waals surface area contributed by atoms with Gasteiger partial charge in [-0.2, -0.15) is 0 Å². The van der Waals surface area contributed by atoms with Crippen molar-refractivity contribution in [3.8, 4) is 0 Å². The van der Waals surface area contributed by atoms with Crippen molar-refractivity contribution in [3.05, 3.63) is 34.4 Å². The average molecular weight is 395 g/mol. The Bertz CT molecular complexity index is 1040. The Morgan fingerprint density at radius 1 is 1.21 bits per heavy atom. The first kappa shape index (κ1) is 14.6. The summed E-state index contributed by atoms with van der Waals surface area (Å²) in [6.45, 7) is -0.192. The van der Waals surface area contributed by atoms with E-state index in [1.165, 1.54) is 0 Å². The number of amides is 3. The molecular formula is C20H23F2N3O3. The number of imide groups is 1. The maximum Gasteiger partial charge on any atom is 0.258 e. The van der Waals surface area contributed by atoms with Crippen LogP contribution in [0.1, 0.15) is 66.5 Å². The first-order chi connectivity index (χ1) is 14.6. The monoisotopic (exact) mass is 395 g/mol. The number of halogens is 2. The number of nitrogens with zero attached hydrogens (tertiary/aromatic N) is 2. The molecule has 3 heterocycles. The van der Waals surface area contributed by atoms with Crippen molar-refractivity contribution in [2.45, 2.75) is 57.7 Å². The Morgan fingerprint density at radius 3 is 2.50 bits per heavy atom. The highest BCUT2D eigenvalue weighted by Gasteiger charge is 2.44. The van der Waals surface area contributed by atoms with E-state index in [2.05, 4.69) is 5.32 Å². The molecule has 28 heavy (non-hydrogen) atoms. The van der Waals surface area contributed by atoms with E-state index in [1.807, 2.05) is 0 Å². The molecule has 1 atom stereocenters. The number of hydrogen-bond donors (Lipinski definition) is 1. The lowest BCUT2D eigenvalue weighted by molar-refractivity contribution is -0.136. The summed E-state index contributed by atoms with van der Waals surface area (Å²) >= 11 is 0. The Balaban J connectivity index is 1.74. The van der Waals surface area contributed by atoms with Crippen molar-refractivity contribution in [1.82, 2.24) is 15.1 Å². The Kier molecular flexibility index (Phi) is 3.31. The Labute approximate surface area is 167 Å². The van der Waals surface area contributed by atoms with Crippen molar-refractivity contribution in [2.75, 3.05) is 13.0 Å². The molecule has 1 N–H and O–H groups in total. The van der Waals surface area contributed by atoms with E-state index in [-0.39, 0.29) is 18.4 Å². The fourth-order valence-corrected chi connectivity index (χ4v) is 3.69. The maximum atomic E-state index is 15.6. The van der Waals surface area contributed by atoms with Gasteiger partial charge in [0.1, 0.15) is 17.7 Å². The number of hydrogen-bond acceptors (Lipinski definition) is 4. The number of carbonyl (C=O) groups excluding carboxylic acids is 3. The fourth-order valence-electron chi connectivity index (χ4n) is 3.69. The van der Waals surface area contributed by atoms with E-state index >= 15 is 8.78 Å². The van der Waals surface area contributed by atoms with Crippen LogP contribution in [0.25, 0.3) is 0 Å². The molecule has 4 rings (SSSR count). The van der Waals surface area contributed by atoms with Crippen LogP contribution >= 0.6 is 0 Å². The van der Waals surface area contributed by atoms with Crippen LogP contribution in [0.5, 0.6) is 0 Å². The highest BCUT2D eigenvalue weighted by molar-refractivity contribution is 6.05.